The van der Waals surface area contributed by atoms with Gasteiger partial charge in [-0.1, -0.05) is 6.92 Å². The highest BCUT2D eigenvalue weighted by Crippen LogP contribution is 2.42. The normalized spacial score (nSPS) is 19.4. The van der Waals surface area contributed by atoms with Crippen LogP contribution in [0.3, 0.4) is 0 Å². The van der Waals surface area contributed by atoms with Crippen molar-refractivity contribution >= 4 is 23.6 Å². The summed E-state index contributed by atoms with van der Waals surface area (Å²) >= 11 is 0. The molecule has 1 saturated heterocycles. The number of aromatic nitrogens is 2. The Morgan fingerprint density at radius 3 is 2.77 bits per heavy atom. The molecule has 2 atom stereocenters. The number of urea groups is 1. The lowest BCUT2D eigenvalue weighted by atomic mass is 10.0. The average molecular weight is 489 g/mol. The fourth-order valence-electron chi connectivity index (χ4n) is 4.50. The number of hydrogen-bond acceptors (Lipinski definition) is 7. The third-order valence-electron chi connectivity index (χ3n) is 6.18. The van der Waals surface area contributed by atoms with Gasteiger partial charge in [0, 0.05) is 24.2 Å². The van der Waals surface area contributed by atoms with Crippen LogP contribution in [0.4, 0.5) is 25.5 Å². The Morgan fingerprint density at radius 2 is 2.11 bits per heavy atom. The molecule has 2 aromatic rings. The van der Waals surface area contributed by atoms with Crippen molar-refractivity contribution in [1.29, 1.82) is 0 Å². The molecule has 3 heterocycles. The molecule has 1 aromatic carbocycles. The van der Waals surface area contributed by atoms with Gasteiger partial charge in [0.2, 0.25) is 0 Å². The molecule has 2 unspecified atom stereocenters. The molecule has 0 spiro atoms. The number of aliphatic hydroxyl groups is 1. The second kappa shape index (κ2) is 10.4. The first kappa shape index (κ1) is 24.6. The number of rotatable bonds is 6. The lowest BCUT2D eigenvalue weighted by molar-refractivity contribution is 0.0981. The number of halogens is 1. The van der Waals surface area contributed by atoms with E-state index in [2.05, 4.69) is 20.5 Å². The summed E-state index contributed by atoms with van der Waals surface area (Å²) < 4.78 is 20.4. The number of benzene rings is 1. The Hall–Kier alpha value is -3.51. The van der Waals surface area contributed by atoms with Gasteiger partial charge in [0.05, 0.1) is 49.8 Å². The predicted octanol–water partition coefficient (Wildman–Crippen LogP) is 2.57. The zero-order valence-electron chi connectivity index (χ0n) is 19.6. The van der Waals surface area contributed by atoms with Gasteiger partial charge in [0.25, 0.3) is 0 Å². The third kappa shape index (κ3) is 4.98. The number of amides is 3. The van der Waals surface area contributed by atoms with E-state index >= 15 is 0 Å². The molecule has 1 fully saturated rings. The van der Waals surface area contributed by atoms with Crippen molar-refractivity contribution in [2.24, 2.45) is 0 Å². The van der Waals surface area contributed by atoms with E-state index in [4.69, 9.17) is 14.8 Å². The lowest BCUT2D eigenvalue weighted by Gasteiger charge is -2.36. The van der Waals surface area contributed by atoms with Gasteiger partial charge in [-0.3, -0.25) is 4.90 Å². The summed E-state index contributed by atoms with van der Waals surface area (Å²) in [7, 11) is 0. The molecule has 188 valence electrons. The molecule has 11 nitrogen and oxygen atoms in total. The van der Waals surface area contributed by atoms with Crippen molar-refractivity contribution in [1.82, 2.24) is 20.2 Å². The van der Waals surface area contributed by atoms with Crippen LogP contribution >= 0.6 is 0 Å². The molecule has 4 rings (SSSR count). The minimum absolute atomic E-state index is 0.0210. The number of nitrogens with one attached hydrogen (secondary N) is 2. The van der Waals surface area contributed by atoms with Gasteiger partial charge in [-0.25, -0.2) is 23.9 Å². The van der Waals surface area contributed by atoms with E-state index in [9.17, 15) is 19.1 Å². The summed E-state index contributed by atoms with van der Waals surface area (Å²) in [5, 5.41) is 23.3. The summed E-state index contributed by atoms with van der Waals surface area (Å²) in [4.78, 5) is 36.6. The Balaban J connectivity index is 1.73. The number of fused-ring (bicyclic) bond motifs is 1. The maximum atomic E-state index is 14.8. The molecule has 2 aliphatic rings. The molecule has 0 aliphatic carbocycles. The number of nitrogens with zero attached hydrogens (tertiary/aromatic N) is 4. The number of carboxylic acid groups (broad SMARTS) is 1. The van der Waals surface area contributed by atoms with Crippen LogP contribution < -0.4 is 15.5 Å². The topological polar surface area (TPSA) is 140 Å². The molecule has 0 bridgehead atoms. The maximum Gasteiger partial charge on any atom is 0.408 e. The van der Waals surface area contributed by atoms with Gasteiger partial charge in [0.1, 0.15) is 11.6 Å². The number of carbonyl (C=O) groups excluding carboxylic acids is 1. The largest absolute Gasteiger partial charge is 0.465 e. The van der Waals surface area contributed by atoms with E-state index in [1.807, 2.05) is 13.8 Å². The van der Waals surface area contributed by atoms with E-state index in [0.717, 1.165) is 5.56 Å². The van der Waals surface area contributed by atoms with E-state index in [1.54, 1.807) is 6.07 Å². The van der Waals surface area contributed by atoms with E-state index in [-0.39, 0.29) is 43.3 Å². The van der Waals surface area contributed by atoms with Crippen molar-refractivity contribution in [3.63, 3.8) is 0 Å². The van der Waals surface area contributed by atoms with Gasteiger partial charge in [0.15, 0.2) is 5.82 Å². The van der Waals surface area contributed by atoms with Gasteiger partial charge in [-0.15, -0.1) is 0 Å². The SMILES string of the molecule is CCC1c2c(nc(-c3ccc(NC(=O)NCCO)c(F)c3)nc2N2CCOCC2C)CN1C(=O)O. The highest BCUT2D eigenvalue weighted by atomic mass is 19.1. The predicted molar refractivity (Wildman–Crippen MR) is 126 cm³/mol. The number of hydrogen-bond donors (Lipinski definition) is 4. The standard InChI is InChI=1S/C23H29FN6O5/c1-3-18-19-17(11-30(18)23(33)34)26-20(28-21(19)29-7-9-35-12-13(29)2)14-4-5-16(15(24)10-14)27-22(32)25-6-8-31/h4-5,10,13,18,31H,3,6-9,11-12H2,1-2H3,(H,33,34)(H2,25,27,32). The first-order valence-corrected chi connectivity index (χ1v) is 11.5. The second-order valence-corrected chi connectivity index (χ2v) is 8.48. The van der Waals surface area contributed by atoms with Crippen molar-refractivity contribution in [3.8, 4) is 11.4 Å². The first-order valence-electron chi connectivity index (χ1n) is 11.5. The number of ether oxygens (including phenoxy) is 1. The fourth-order valence-corrected chi connectivity index (χ4v) is 4.50. The van der Waals surface area contributed by atoms with E-state index in [1.165, 1.54) is 17.0 Å². The van der Waals surface area contributed by atoms with Crippen molar-refractivity contribution in [3.05, 3.63) is 35.3 Å². The summed E-state index contributed by atoms with van der Waals surface area (Å²) in [6.45, 7) is 5.50. The van der Waals surface area contributed by atoms with E-state index < -0.39 is 17.9 Å². The molecule has 3 amide bonds. The molecule has 0 radical (unpaired) electrons. The minimum atomic E-state index is -1.03. The Kier molecular flexibility index (Phi) is 7.31. The first-order chi connectivity index (χ1) is 16.8. The van der Waals surface area contributed by atoms with Crippen LogP contribution in [0.1, 0.15) is 37.6 Å². The van der Waals surface area contributed by atoms with E-state index in [0.29, 0.717) is 43.3 Å². The zero-order valence-corrected chi connectivity index (χ0v) is 19.6. The van der Waals surface area contributed by atoms with Crippen molar-refractivity contribution in [2.45, 2.75) is 38.9 Å². The minimum Gasteiger partial charge on any atom is -0.465 e. The van der Waals surface area contributed by atoms with Crippen LogP contribution in [0.15, 0.2) is 18.2 Å². The Labute approximate surface area is 201 Å². The van der Waals surface area contributed by atoms with Gasteiger partial charge < -0.3 is 30.5 Å². The van der Waals surface area contributed by atoms with Crippen LogP contribution in [0, 0.1) is 5.82 Å². The van der Waals surface area contributed by atoms with Gasteiger partial charge >= 0.3 is 12.1 Å². The number of anilines is 2. The molecule has 4 N–H and O–H groups in total. The average Bonchev–Trinajstić information content (AvgIpc) is 3.23. The molecule has 1 aromatic heterocycles. The summed E-state index contributed by atoms with van der Waals surface area (Å²) in [6, 6.07) is 3.25. The molecule has 12 heteroatoms. The third-order valence-corrected chi connectivity index (χ3v) is 6.18. The number of aliphatic hydroxyl groups excluding tert-OH is 1. The quantitative estimate of drug-likeness (QED) is 0.486. The molecule has 35 heavy (non-hydrogen) atoms. The summed E-state index contributed by atoms with van der Waals surface area (Å²) in [5.41, 5.74) is 1.75. The molecular formula is C23H29FN6O5. The van der Waals surface area contributed by atoms with Gasteiger partial charge in [-0.05, 0) is 31.5 Å². The fraction of sp³-hybridized carbons (Fsp3) is 0.478. The van der Waals surface area contributed by atoms with Crippen LogP contribution in [-0.2, 0) is 11.3 Å². The van der Waals surface area contributed by atoms with Crippen LogP contribution in [0.25, 0.3) is 11.4 Å². The maximum absolute atomic E-state index is 14.8. The van der Waals surface area contributed by atoms with Crippen LogP contribution in [0.5, 0.6) is 0 Å². The van der Waals surface area contributed by atoms with Crippen molar-refractivity contribution in [2.75, 3.05) is 43.1 Å². The monoisotopic (exact) mass is 488 g/mol. The molecular weight excluding hydrogens is 459 g/mol. The summed E-state index contributed by atoms with van der Waals surface area (Å²) in [5.74, 6) is 0.239. The molecule has 0 saturated carbocycles. The second-order valence-electron chi connectivity index (χ2n) is 8.48. The Bertz CT molecular complexity index is 1120. The number of carbonyl (C=O) groups is 2. The Morgan fingerprint density at radius 1 is 1.31 bits per heavy atom. The smallest absolute Gasteiger partial charge is 0.408 e. The number of morpholine rings is 1. The lowest BCUT2D eigenvalue weighted by Crippen LogP contribution is -2.45. The van der Waals surface area contributed by atoms with Crippen LogP contribution in [-0.4, -0.2) is 76.2 Å². The van der Waals surface area contributed by atoms with Crippen LogP contribution in [0.2, 0.25) is 0 Å². The van der Waals surface area contributed by atoms with Crippen molar-refractivity contribution < 1.29 is 28.9 Å². The highest BCUT2D eigenvalue weighted by Gasteiger charge is 2.39. The summed E-state index contributed by atoms with van der Waals surface area (Å²) in [6.07, 6.45) is -0.459. The highest BCUT2D eigenvalue weighted by molar-refractivity contribution is 5.89. The molecule has 2 aliphatic heterocycles. The zero-order chi connectivity index (χ0) is 25.1. The van der Waals surface area contributed by atoms with Gasteiger partial charge in [-0.2, -0.15) is 0 Å².